The van der Waals surface area contributed by atoms with E-state index in [-0.39, 0.29) is 0 Å². The van der Waals surface area contributed by atoms with Gasteiger partial charge in [0.05, 0.1) is 23.0 Å². The second-order valence-corrected chi connectivity index (χ2v) is 5.50. The zero-order valence-electron chi connectivity index (χ0n) is 12.3. The molecule has 0 atom stereocenters. The maximum Gasteiger partial charge on any atom is 0.220 e. The van der Waals surface area contributed by atoms with Crippen LogP contribution in [-0.4, -0.2) is 29.1 Å². The van der Waals surface area contributed by atoms with Crippen LogP contribution < -0.4 is 10.5 Å². The average Bonchev–Trinajstić information content (AvgIpc) is 2.88. The minimum atomic E-state index is 0.321. The average molecular weight is 317 g/mol. The van der Waals surface area contributed by atoms with E-state index in [9.17, 15) is 0 Å². The van der Waals surface area contributed by atoms with Crippen molar-refractivity contribution in [3.05, 3.63) is 46.9 Å². The molecule has 3 rings (SSSR count). The molecule has 0 spiro atoms. The number of rotatable bonds is 5. The molecule has 114 valence electrons. The number of guanidine groups is 1. The van der Waals surface area contributed by atoms with E-state index in [1.165, 1.54) is 0 Å². The van der Waals surface area contributed by atoms with Gasteiger partial charge in [0, 0.05) is 18.5 Å². The summed E-state index contributed by atoms with van der Waals surface area (Å²) in [5.74, 6) is 1.52. The first-order chi connectivity index (χ1) is 10.7. The molecule has 6 heteroatoms. The van der Waals surface area contributed by atoms with Crippen molar-refractivity contribution < 1.29 is 4.74 Å². The summed E-state index contributed by atoms with van der Waals surface area (Å²) in [7, 11) is 0. The van der Waals surface area contributed by atoms with Crippen LogP contribution in [0, 0.1) is 6.92 Å². The standard InChI is InChI=1S/C16H17ClN4O/c1-10-5-6-14(22-8-7-17)13(19-10)9-11-3-2-4-12-15(11)21-16(18)20-12/h2-3,5-6H,4,7-9H2,1H3,(H2,18,21). The molecule has 0 fully saturated rings. The quantitative estimate of drug-likeness (QED) is 0.848. The molecule has 22 heavy (non-hydrogen) atoms. The first-order valence-electron chi connectivity index (χ1n) is 7.14. The lowest BCUT2D eigenvalue weighted by molar-refractivity contribution is 0.337. The first-order valence-corrected chi connectivity index (χ1v) is 7.68. The Bertz CT molecular complexity index is 719. The molecular weight excluding hydrogens is 300 g/mol. The Labute approximate surface area is 134 Å². The van der Waals surface area contributed by atoms with Gasteiger partial charge >= 0.3 is 0 Å². The molecule has 0 aromatic carbocycles. The Morgan fingerprint density at radius 1 is 1.32 bits per heavy atom. The number of pyridine rings is 1. The van der Waals surface area contributed by atoms with Gasteiger partial charge in [0.25, 0.3) is 0 Å². The first kappa shape index (κ1) is 14.8. The van der Waals surface area contributed by atoms with Crippen LogP contribution in [0.15, 0.2) is 45.5 Å². The normalized spacial score (nSPS) is 16.5. The van der Waals surface area contributed by atoms with Crippen molar-refractivity contribution in [3.8, 4) is 5.75 Å². The highest BCUT2D eigenvalue weighted by atomic mass is 35.5. The van der Waals surface area contributed by atoms with E-state index in [1.54, 1.807) is 0 Å². The van der Waals surface area contributed by atoms with Gasteiger partial charge in [0.15, 0.2) is 0 Å². The smallest absolute Gasteiger partial charge is 0.220 e. The predicted octanol–water partition coefficient (Wildman–Crippen LogP) is 2.53. The van der Waals surface area contributed by atoms with E-state index in [0.29, 0.717) is 24.9 Å². The Hall–Kier alpha value is -2.14. The number of allylic oxidation sites excluding steroid dienone is 4. The van der Waals surface area contributed by atoms with Crippen LogP contribution in [0.3, 0.4) is 0 Å². The molecular formula is C16H17ClN4O. The third kappa shape index (κ3) is 3.04. The number of aryl methyl sites for hydroxylation is 1. The SMILES string of the molecule is Cc1ccc(OCCCl)c(CC2=C3N=C(N)N=C3CC=C2)n1. The fourth-order valence-corrected chi connectivity index (χ4v) is 2.59. The van der Waals surface area contributed by atoms with Gasteiger partial charge in [-0.1, -0.05) is 12.2 Å². The summed E-state index contributed by atoms with van der Waals surface area (Å²) in [5.41, 5.74) is 10.4. The fraction of sp³-hybridized carbons (Fsp3) is 0.312. The van der Waals surface area contributed by atoms with Gasteiger partial charge < -0.3 is 10.5 Å². The summed E-state index contributed by atoms with van der Waals surface area (Å²) >= 11 is 5.70. The van der Waals surface area contributed by atoms with Crippen LogP contribution in [-0.2, 0) is 6.42 Å². The Morgan fingerprint density at radius 3 is 3.00 bits per heavy atom. The molecule has 1 aliphatic carbocycles. The molecule has 2 heterocycles. The lowest BCUT2D eigenvalue weighted by Crippen LogP contribution is -2.09. The molecule has 0 saturated carbocycles. The van der Waals surface area contributed by atoms with Gasteiger partial charge in [-0.3, -0.25) is 4.98 Å². The van der Waals surface area contributed by atoms with Crippen LogP contribution in [0.2, 0.25) is 0 Å². The van der Waals surface area contributed by atoms with Gasteiger partial charge in [-0.05, 0) is 24.6 Å². The van der Waals surface area contributed by atoms with Crippen molar-refractivity contribution in [3.63, 3.8) is 0 Å². The number of alkyl halides is 1. The third-order valence-electron chi connectivity index (χ3n) is 3.45. The number of nitrogens with two attached hydrogens (primary N) is 1. The second kappa shape index (κ2) is 6.32. The van der Waals surface area contributed by atoms with Crippen LogP contribution >= 0.6 is 11.6 Å². The maximum absolute atomic E-state index is 5.72. The Morgan fingerprint density at radius 2 is 2.18 bits per heavy atom. The van der Waals surface area contributed by atoms with Crippen molar-refractivity contribution in [2.24, 2.45) is 15.7 Å². The van der Waals surface area contributed by atoms with Crippen LogP contribution in [0.5, 0.6) is 5.75 Å². The van der Waals surface area contributed by atoms with E-state index in [1.807, 2.05) is 19.1 Å². The molecule has 0 amide bonds. The molecule has 2 aliphatic rings. The van der Waals surface area contributed by atoms with Gasteiger partial charge in [0.2, 0.25) is 5.96 Å². The number of aliphatic imine (C=N–C) groups is 2. The summed E-state index contributed by atoms with van der Waals surface area (Å²) in [5, 5.41) is 0. The number of hydrogen-bond acceptors (Lipinski definition) is 5. The molecule has 5 nitrogen and oxygen atoms in total. The lowest BCUT2D eigenvalue weighted by Gasteiger charge is -2.14. The second-order valence-electron chi connectivity index (χ2n) is 5.12. The summed E-state index contributed by atoms with van der Waals surface area (Å²) < 4.78 is 5.68. The maximum atomic E-state index is 5.72. The van der Waals surface area contributed by atoms with Gasteiger partial charge in [-0.15, -0.1) is 11.6 Å². The summed E-state index contributed by atoms with van der Waals surface area (Å²) in [6, 6.07) is 3.86. The van der Waals surface area contributed by atoms with Gasteiger partial charge in [-0.25, -0.2) is 9.98 Å². The summed E-state index contributed by atoms with van der Waals surface area (Å²) in [4.78, 5) is 13.2. The lowest BCUT2D eigenvalue weighted by atomic mass is 9.97. The monoisotopic (exact) mass is 316 g/mol. The van der Waals surface area contributed by atoms with E-state index in [0.717, 1.165) is 40.5 Å². The largest absolute Gasteiger partial charge is 0.490 e. The summed E-state index contributed by atoms with van der Waals surface area (Å²) in [6.07, 6.45) is 5.52. The van der Waals surface area contributed by atoms with Crippen LogP contribution in [0.25, 0.3) is 0 Å². The number of fused-ring (bicyclic) bond motifs is 1. The zero-order chi connectivity index (χ0) is 15.5. The number of ether oxygens (including phenoxy) is 1. The van der Waals surface area contributed by atoms with Crippen molar-refractivity contribution in [2.75, 3.05) is 12.5 Å². The van der Waals surface area contributed by atoms with Crippen LogP contribution in [0.4, 0.5) is 0 Å². The topological polar surface area (TPSA) is 72.9 Å². The minimum absolute atomic E-state index is 0.321. The fourth-order valence-electron chi connectivity index (χ4n) is 2.51. The molecule has 1 aromatic rings. The van der Waals surface area contributed by atoms with Gasteiger partial charge in [0.1, 0.15) is 12.4 Å². The molecule has 1 aromatic heterocycles. The van der Waals surface area contributed by atoms with Crippen molar-refractivity contribution in [1.29, 1.82) is 0 Å². The Balaban J connectivity index is 1.93. The van der Waals surface area contributed by atoms with Crippen molar-refractivity contribution >= 4 is 23.3 Å². The van der Waals surface area contributed by atoms with Crippen LogP contribution in [0.1, 0.15) is 17.8 Å². The molecule has 1 aliphatic heterocycles. The third-order valence-corrected chi connectivity index (χ3v) is 3.60. The highest BCUT2D eigenvalue weighted by Crippen LogP contribution is 2.27. The van der Waals surface area contributed by atoms with E-state index in [2.05, 4.69) is 27.1 Å². The number of hydrogen-bond donors (Lipinski definition) is 1. The number of halogens is 1. The molecule has 0 radical (unpaired) electrons. The van der Waals surface area contributed by atoms with E-state index >= 15 is 0 Å². The minimum Gasteiger partial charge on any atom is -0.490 e. The molecule has 2 N–H and O–H groups in total. The number of aromatic nitrogens is 1. The molecule has 0 saturated heterocycles. The number of nitrogens with zero attached hydrogens (tertiary/aromatic N) is 3. The highest BCUT2D eigenvalue weighted by Gasteiger charge is 2.21. The molecule has 0 unspecified atom stereocenters. The predicted molar refractivity (Wildman–Crippen MR) is 88.7 cm³/mol. The highest BCUT2D eigenvalue weighted by molar-refractivity contribution is 6.18. The summed E-state index contributed by atoms with van der Waals surface area (Å²) in [6.45, 7) is 2.42. The Kier molecular flexibility index (Phi) is 4.24. The van der Waals surface area contributed by atoms with E-state index < -0.39 is 0 Å². The van der Waals surface area contributed by atoms with Crippen molar-refractivity contribution in [2.45, 2.75) is 19.8 Å². The van der Waals surface area contributed by atoms with E-state index in [4.69, 9.17) is 22.1 Å². The van der Waals surface area contributed by atoms with Gasteiger partial charge in [-0.2, -0.15) is 0 Å². The molecule has 0 bridgehead atoms. The zero-order valence-corrected chi connectivity index (χ0v) is 13.1. The van der Waals surface area contributed by atoms with Crippen molar-refractivity contribution in [1.82, 2.24) is 4.98 Å².